The van der Waals surface area contributed by atoms with Crippen molar-refractivity contribution in [2.75, 3.05) is 16.8 Å². The molecule has 1 aliphatic heterocycles. The average molecular weight is 315 g/mol. The second-order valence-electron chi connectivity index (χ2n) is 5.51. The maximum Gasteiger partial charge on any atom is 0.231 e. The van der Waals surface area contributed by atoms with Gasteiger partial charge in [0.05, 0.1) is 5.92 Å². The molecule has 0 aliphatic carbocycles. The van der Waals surface area contributed by atoms with Gasteiger partial charge < -0.3 is 10.2 Å². The van der Waals surface area contributed by atoms with Gasteiger partial charge in [0, 0.05) is 29.7 Å². The number of benzene rings is 1. The molecule has 2 aromatic rings. The summed E-state index contributed by atoms with van der Waals surface area (Å²) < 4.78 is 0. The van der Waals surface area contributed by atoms with Gasteiger partial charge in [0.15, 0.2) is 5.13 Å². The Hall–Kier alpha value is -2.21. The molecule has 2 amide bonds. The van der Waals surface area contributed by atoms with Crippen LogP contribution in [0.1, 0.15) is 16.9 Å². The molecule has 1 aromatic heterocycles. The molecule has 6 heteroatoms. The molecule has 22 heavy (non-hydrogen) atoms. The fourth-order valence-corrected chi connectivity index (χ4v) is 3.22. The molecule has 0 bridgehead atoms. The number of amides is 2. The number of carbonyl (C=O) groups excluding carboxylic acids is 2. The van der Waals surface area contributed by atoms with Gasteiger partial charge in [-0.05, 0) is 31.5 Å². The lowest BCUT2D eigenvalue weighted by Crippen LogP contribution is -2.28. The van der Waals surface area contributed by atoms with Crippen molar-refractivity contribution in [3.63, 3.8) is 0 Å². The Balaban J connectivity index is 1.70. The normalized spacial score (nSPS) is 17.8. The van der Waals surface area contributed by atoms with Crippen molar-refractivity contribution in [3.05, 3.63) is 40.9 Å². The van der Waals surface area contributed by atoms with Gasteiger partial charge in [0.25, 0.3) is 0 Å². The van der Waals surface area contributed by atoms with E-state index in [9.17, 15) is 9.59 Å². The third kappa shape index (κ3) is 3.01. The fraction of sp³-hybridized carbons (Fsp3) is 0.312. The van der Waals surface area contributed by atoms with Gasteiger partial charge in [0.1, 0.15) is 0 Å². The van der Waals surface area contributed by atoms with Gasteiger partial charge in [-0.1, -0.05) is 12.1 Å². The van der Waals surface area contributed by atoms with Crippen LogP contribution in [0.25, 0.3) is 0 Å². The second kappa shape index (κ2) is 5.88. The summed E-state index contributed by atoms with van der Waals surface area (Å²) in [5.41, 5.74) is 1.95. The van der Waals surface area contributed by atoms with Crippen molar-refractivity contribution in [1.82, 2.24) is 4.98 Å². The first-order valence-corrected chi connectivity index (χ1v) is 7.95. The first-order chi connectivity index (χ1) is 10.5. The number of nitrogens with one attached hydrogen (secondary N) is 1. The van der Waals surface area contributed by atoms with E-state index in [-0.39, 0.29) is 24.2 Å². The molecule has 5 nitrogen and oxygen atoms in total. The zero-order valence-electron chi connectivity index (χ0n) is 12.5. The number of carbonyl (C=O) groups is 2. The van der Waals surface area contributed by atoms with E-state index in [4.69, 9.17) is 0 Å². The van der Waals surface area contributed by atoms with Gasteiger partial charge in [-0.15, -0.1) is 11.3 Å². The predicted octanol–water partition coefficient (Wildman–Crippen LogP) is 2.75. The maximum absolute atomic E-state index is 12.3. The van der Waals surface area contributed by atoms with Crippen LogP contribution < -0.4 is 10.2 Å². The Morgan fingerprint density at radius 2 is 2.23 bits per heavy atom. The lowest BCUT2D eigenvalue weighted by Gasteiger charge is -2.17. The van der Waals surface area contributed by atoms with Crippen LogP contribution in [0.3, 0.4) is 0 Å². The van der Waals surface area contributed by atoms with Crippen molar-refractivity contribution in [2.24, 2.45) is 5.92 Å². The molecule has 0 unspecified atom stereocenters. The summed E-state index contributed by atoms with van der Waals surface area (Å²) >= 11 is 1.43. The fourth-order valence-electron chi connectivity index (χ4n) is 2.55. The third-order valence-corrected chi connectivity index (χ3v) is 4.49. The highest BCUT2D eigenvalue weighted by Gasteiger charge is 2.35. The summed E-state index contributed by atoms with van der Waals surface area (Å²) in [5, 5.41) is 3.39. The summed E-state index contributed by atoms with van der Waals surface area (Å²) in [4.78, 5) is 31.3. The molecule has 1 atom stereocenters. The zero-order valence-corrected chi connectivity index (χ0v) is 13.3. The van der Waals surface area contributed by atoms with Crippen LogP contribution in [-0.4, -0.2) is 23.3 Å². The summed E-state index contributed by atoms with van der Waals surface area (Å²) in [6.07, 6.45) is 1.96. The SMILES string of the molecule is Cc1cccc(N2C[C@@H](C(=O)Nc3ncc(C)s3)CC2=O)c1. The van der Waals surface area contributed by atoms with E-state index in [2.05, 4.69) is 10.3 Å². The summed E-state index contributed by atoms with van der Waals surface area (Å²) in [6, 6.07) is 7.76. The van der Waals surface area contributed by atoms with E-state index in [0.29, 0.717) is 11.7 Å². The Morgan fingerprint density at radius 1 is 1.41 bits per heavy atom. The van der Waals surface area contributed by atoms with E-state index in [0.717, 1.165) is 16.1 Å². The van der Waals surface area contributed by atoms with Crippen molar-refractivity contribution in [1.29, 1.82) is 0 Å². The largest absolute Gasteiger partial charge is 0.312 e. The molecule has 1 aromatic carbocycles. The molecule has 0 saturated carbocycles. The van der Waals surface area contributed by atoms with Gasteiger partial charge in [-0.3, -0.25) is 9.59 Å². The first-order valence-electron chi connectivity index (χ1n) is 7.13. The van der Waals surface area contributed by atoms with Crippen molar-refractivity contribution >= 4 is 34.0 Å². The van der Waals surface area contributed by atoms with Crippen LogP contribution in [0.5, 0.6) is 0 Å². The lowest BCUT2D eigenvalue weighted by molar-refractivity contribution is -0.122. The van der Waals surface area contributed by atoms with Crippen LogP contribution in [0.15, 0.2) is 30.5 Å². The molecule has 1 saturated heterocycles. The molecule has 1 aliphatic rings. The number of nitrogens with zero attached hydrogens (tertiary/aromatic N) is 2. The number of hydrogen-bond acceptors (Lipinski definition) is 4. The van der Waals surface area contributed by atoms with Gasteiger partial charge in [-0.25, -0.2) is 4.98 Å². The van der Waals surface area contributed by atoms with E-state index in [1.165, 1.54) is 11.3 Å². The van der Waals surface area contributed by atoms with Gasteiger partial charge in [-0.2, -0.15) is 0 Å². The number of thiazole rings is 1. The highest BCUT2D eigenvalue weighted by Crippen LogP contribution is 2.27. The van der Waals surface area contributed by atoms with Crippen LogP contribution >= 0.6 is 11.3 Å². The number of hydrogen-bond donors (Lipinski definition) is 1. The van der Waals surface area contributed by atoms with Gasteiger partial charge >= 0.3 is 0 Å². The molecule has 1 N–H and O–H groups in total. The van der Waals surface area contributed by atoms with Crippen molar-refractivity contribution in [3.8, 4) is 0 Å². The molecule has 3 rings (SSSR count). The van der Waals surface area contributed by atoms with Crippen LogP contribution in [0.2, 0.25) is 0 Å². The number of aryl methyl sites for hydroxylation is 2. The number of rotatable bonds is 3. The lowest BCUT2D eigenvalue weighted by atomic mass is 10.1. The minimum absolute atomic E-state index is 0.0129. The Morgan fingerprint density at radius 3 is 2.91 bits per heavy atom. The Labute approximate surface area is 133 Å². The van der Waals surface area contributed by atoms with Crippen molar-refractivity contribution < 1.29 is 9.59 Å². The van der Waals surface area contributed by atoms with E-state index in [1.807, 2.05) is 38.1 Å². The Kier molecular flexibility index (Phi) is 3.94. The zero-order chi connectivity index (χ0) is 15.7. The van der Waals surface area contributed by atoms with E-state index in [1.54, 1.807) is 11.1 Å². The average Bonchev–Trinajstić information content (AvgIpc) is 3.05. The molecular formula is C16H17N3O2S. The molecular weight excluding hydrogens is 298 g/mol. The molecule has 2 heterocycles. The van der Waals surface area contributed by atoms with Gasteiger partial charge in [0.2, 0.25) is 11.8 Å². The first kappa shape index (κ1) is 14.7. The standard InChI is InChI=1S/C16H17N3O2S/c1-10-4-3-5-13(6-10)19-9-12(7-14(19)20)15(21)18-16-17-8-11(2)22-16/h3-6,8,12H,7,9H2,1-2H3,(H,17,18,21)/t12-/m0/s1. The quantitative estimate of drug-likeness (QED) is 0.947. The second-order valence-corrected chi connectivity index (χ2v) is 6.74. The smallest absolute Gasteiger partial charge is 0.231 e. The minimum atomic E-state index is -0.336. The topological polar surface area (TPSA) is 62.3 Å². The summed E-state index contributed by atoms with van der Waals surface area (Å²) in [5.74, 6) is -0.490. The van der Waals surface area contributed by atoms with E-state index >= 15 is 0 Å². The molecule has 114 valence electrons. The predicted molar refractivity (Wildman–Crippen MR) is 87.1 cm³/mol. The number of aromatic nitrogens is 1. The molecule has 0 radical (unpaired) electrons. The monoisotopic (exact) mass is 315 g/mol. The third-order valence-electron chi connectivity index (χ3n) is 3.66. The highest BCUT2D eigenvalue weighted by atomic mass is 32.1. The highest BCUT2D eigenvalue weighted by molar-refractivity contribution is 7.15. The summed E-state index contributed by atoms with van der Waals surface area (Å²) in [6.45, 7) is 4.34. The number of anilines is 2. The molecule has 0 spiro atoms. The van der Waals surface area contributed by atoms with E-state index < -0.39 is 0 Å². The minimum Gasteiger partial charge on any atom is -0.312 e. The van der Waals surface area contributed by atoms with Crippen molar-refractivity contribution in [2.45, 2.75) is 20.3 Å². The van der Waals surface area contributed by atoms with Crippen LogP contribution in [0.4, 0.5) is 10.8 Å². The van der Waals surface area contributed by atoms with Crippen LogP contribution in [-0.2, 0) is 9.59 Å². The Bertz CT molecular complexity index is 726. The summed E-state index contributed by atoms with van der Waals surface area (Å²) in [7, 11) is 0. The molecule has 1 fully saturated rings. The van der Waals surface area contributed by atoms with Crippen LogP contribution in [0, 0.1) is 19.8 Å². The maximum atomic E-state index is 12.3.